The molecule has 1 amide bonds. The number of nitrogens with zero attached hydrogens (tertiary/aromatic N) is 7. The lowest BCUT2D eigenvalue weighted by molar-refractivity contribution is 0.0947. The zero-order valence-corrected chi connectivity index (χ0v) is 15.1. The summed E-state index contributed by atoms with van der Waals surface area (Å²) >= 11 is 0. The summed E-state index contributed by atoms with van der Waals surface area (Å²) in [5.41, 5.74) is 5.93. The molecule has 0 radical (unpaired) electrons. The second-order valence-electron chi connectivity index (χ2n) is 6.78. The topological polar surface area (TPSA) is 103 Å². The quantitative estimate of drug-likeness (QED) is 0.639. The lowest BCUT2D eigenvalue weighted by Crippen LogP contribution is -2.26. The molecule has 1 N–H and O–H groups in total. The van der Waals surface area contributed by atoms with Crippen molar-refractivity contribution in [3.05, 3.63) is 46.9 Å². The van der Waals surface area contributed by atoms with Crippen LogP contribution < -0.4 is 5.32 Å². The number of aryl methyl sites for hydroxylation is 3. The number of hydrogen-bond acceptors (Lipinski definition) is 6. The molecule has 0 atom stereocenters. The first-order valence-electron chi connectivity index (χ1n) is 8.87. The zero-order chi connectivity index (χ0) is 18.5. The Morgan fingerprint density at radius 3 is 2.93 bits per heavy atom. The molecule has 9 heteroatoms. The van der Waals surface area contributed by atoms with Gasteiger partial charge in [0.25, 0.3) is 5.91 Å². The molecule has 5 rings (SSSR count). The van der Waals surface area contributed by atoms with Crippen LogP contribution in [-0.2, 0) is 20.1 Å². The third-order valence-electron chi connectivity index (χ3n) is 4.83. The number of fused-ring (bicyclic) bond motifs is 6. The van der Waals surface area contributed by atoms with Crippen LogP contribution in [0.5, 0.6) is 0 Å². The standard InChI is InChI=1S/C18H18N8O/c1-10-11-9-26(23-10)5-3-4-19-18(27)16-12(8-25(2)24-16)13-6-20-14-7-21-15(11)17(14)22-13/h6,8-9H,3-5,7H2,1-2H3,(H,19,27). The summed E-state index contributed by atoms with van der Waals surface area (Å²) in [6, 6.07) is 0. The number of carbonyl (C=O) groups is 1. The van der Waals surface area contributed by atoms with Gasteiger partial charge in [0, 0.05) is 38.1 Å². The highest BCUT2D eigenvalue weighted by molar-refractivity contribution is 6.14. The van der Waals surface area contributed by atoms with Crippen molar-refractivity contribution in [3.8, 4) is 11.3 Å². The molecule has 9 nitrogen and oxygen atoms in total. The van der Waals surface area contributed by atoms with Crippen molar-refractivity contribution in [2.75, 3.05) is 6.54 Å². The highest BCUT2D eigenvalue weighted by atomic mass is 16.1. The smallest absolute Gasteiger partial charge is 0.272 e. The number of rotatable bonds is 0. The van der Waals surface area contributed by atoms with Crippen LogP contribution in [0, 0.1) is 6.92 Å². The number of amides is 1. The van der Waals surface area contributed by atoms with Crippen molar-refractivity contribution in [1.29, 1.82) is 0 Å². The summed E-state index contributed by atoms with van der Waals surface area (Å²) in [4.78, 5) is 26.6. The second-order valence-corrected chi connectivity index (χ2v) is 6.78. The summed E-state index contributed by atoms with van der Waals surface area (Å²) in [6.45, 7) is 3.73. The lowest BCUT2D eigenvalue weighted by atomic mass is 10.1. The van der Waals surface area contributed by atoms with Crippen LogP contribution in [0.3, 0.4) is 0 Å². The molecule has 0 unspecified atom stereocenters. The summed E-state index contributed by atoms with van der Waals surface area (Å²) in [7, 11) is 1.79. The zero-order valence-electron chi connectivity index (χ0n) is 15.1. The first-order valence-corrected chi connectivity index (χ1v) is 8.87. The highest BCUT2D eigenvalue weighted by Crippen LogP contribution is 2.26. The number of aliphatic imine (C=N–C) groups is 1. The molecule has 0 saturated heterocycles. The molecule has 0 spiro atoms. The fourth-order valence-electron chi connectivity index (χ4n) is 3.53. The van der Waals surface area contributed by atoms with Gasteiger partial charge in [-0.2, -0.15) is 10.2 Å². The van der Waals surface area contributed by atoms with Crippen molar-refractivity contribution in [2.24, 2.45) is 12.0 Å². The second kappa shape index (κ2) is 5.83. The minimum absolute atomic E-state index is 0.212. The van der Waals surface area contributed by atoms with Gasteiger partial charge in [0.15, 0.2) is 5.69 Å². The molecule has 0 fully saturated rings. The van der Waals surface area contributed by atoms with Crippen LogP contribution in [0.15, 0.2) is 23.6 Å². The predicted octanol–water partition coefficient (Wildman–Crippen LogP) is 0.867. The molecule has 5 heterocycles. The molecule has 0 saturated carbocycles. The van der Waals surface area contributed by atoms with Crippen LogP contribution in [0.25, 0.3) is 11.3 Å². The van der Waals surface area contributed by atoms with Gasteiger partial charge in [0.05, 0.1) is 41.1 Å². The Morgan fingerprint density at radius 1 is 1.15 bits per heavy atom. The van der Waals surface area contributed by atoms with Crippen LogP contribution in [0.2, 0.25) is 0 Å². The SMILES string of the molecule is Cc1nn2cc1C1=NCc3ncc(nc31)-c1cn(C)nc1C(=O)NCCC2. The fraction of sp³-hybridized carbons (Fsp3) is 0.333. The summed E-state index contributed by atoms with van der Waals surface area (Å²) in [5, 5.41) is 11.8. The molecule has 136 valence electrons. The first-order chi connectivity index (χ1) is 13.1. The largest absolute Gasteiger partial charge is 0.351 e. The summed E-state index contributed by atoms with van der Waals surface area (Å²) in [6.07, 6.45) is 6.26. The third-order valence-corrected chi connectivity index (χ3v) is 4.83. The van der Waals surface area contributed by atoms with E-state index >= 15 is 0 Å². The average Bonchev–Trinajstić information content (AvgIpc) is 3.33. The van der Waals surface area contributed by atoms with Gasteiger partial charge in [-0.3, -0.25) is 24.1 Å². The Hall–Kier alpha value is -3.36. The Labute approximate surface area is 155 Å². The van der Waals surface area contributed by atoms with E-state index in [1.54, 1.807) is 24.1 Å². The molecule has 3 aromatic heterocycles. The number of aromatic nitrogens is 6. The van der Waals surface area contributed by atoms with E-state index in [4.69, 9.17) is 4.98 Å². The summed E-state index contributed by atoms with van der Waals surface area (Å²) < 4.78 is 3.52. The number of hydrogen-bond donors (Lipinski definition) is 1. The van der Waals surface area contributed by atoms with Crippen molar-refractivity contribution in [1.82, 2.24) is 34.8 Å². The van der Waals surface area contributed by atoms with Gasteiger partial charge in [-0.05, 0) is 13.3 Å². The van der Waals surface area contributed by atoms with Crippen LogP contribution >= 0.6 is 0 Å². The van der Waals surface area contributed by atoms with E-state index in [-0.39, 0.29) is 5.91 Å². The van der Waals surface area contributed by atoms with Gasteiger partial charge in [-0.15, -0.1) is 0 Å². The Balaban J connectivity index is 1.71. The van der Waals surface area contributed by atoms with Gasteiger partial charge in [-0.25, -0.2) is 4.98 Å². The van der Waals surface area contributed by atoms with E-state index in [1.165, 1.54) is 0 Å². The van der Waals surface area contributed by atoms with Crippen molar-refractivity contribution >= 4 is 11.6 Å². The molecule has 2 aliphatic rings. The van der Waals surface area contributed by atoms with E-state index in [2.05, 4.69) is 25.5 Å². The minimum Gasteiger partial charge on any atom is -0.351 e. The van der Waals surface area contributed by atoms with Crippen LogP contribution in [0.1, 0.15) is 39.6 Å². The first kappa shape index (κ1) is 15.9. The molecular weight excluding hydrogens is 344 g/mol. The van der Waals surface area contributed by atoms with E-state index in [0.717, 1.165) is 34.8 Å². The monoisotopic (exact) mass is 362 g/mol. The minimum atomic E-state index is -0.212. The predicted molar refractivity (Wildman–Crippen MR) is 97.5 cm³/mol. The van der Waals surface area contributed by atoms with Gasteiger partial charge in [0.1, 0.15) is 5.69 Å². The molecular formula is C18H18N8O. The van der Waals surface area contributed by atoms with Crippen LogP contribution in [0.4, 0.5) is 0 Å². The normalized spacial score (nSPS) is 15.8. The Bertz CT molecular complexity index is 1110. The van der Waals surface area contributed by atoms with Gasteiger partial charge in [0.2, 0.25) is 0 Å². The molecule has 3 aromatic rings. The maximum Gasteiger partial charge on any atom is 0.272 e. The van der Waals surface area contributed by atoms with Gasteiger partial charge in [-0.1, -0.05) is 0 Å². The number of nitrogens with one attached hydrogen (secondary N) is 1. The third kappa shape index (κ3) is 2.54. The van der Waals surface area contributed by atoms with E-state index < -0.39 is 0 Å². The van der Waals surface area contributed by atoms with Crippen molar-refractivity contribution in [3.63, 3.8) is 0 Å². The van der Waals surface area contributed by atoms with E-state index in [9.17, 15) is 4.79 Å². The Kier molecular flexibility index (Phi) is 3.43. The van der Waals surface area contributed by atoms with Crippen LogP contribution in [-0.4, -0.2) is 47.7 Å². The molecule has 0 aliphatic carbocycles. The van der Waals surface area contributed by atoms with Crippen molar-refractivity contribution in [2.45, 2.75) is 26.4 Å². The fourth-order valence-corrected chi connectivity index (χ4v) is 3.53. The lowest BCUT2D eigenvalue weighted by Gasteiger charge is -2.08. The average molecular weight is 362 g/mol. The van der Waals surface area contributed by atoms with Gasteiger partial charge >= 0.3 is 0 Å². The Morgan fingerprint density at radius 2 is 2.04 bits per heavy atom. The molecule has 0 aromatic carbocycles. The molecule has 27 heavy (non-hydrogen) atoms. The van der Waals surface area contributed by atoms with Gasteiger partial charge < -0.3 is 5.32 Å². The van der Waals surface area contributed by atoms with E-state index in [1.807, 2.05) is 17.8 Å². The summed E-state index contributed by atoms with van der Waals surface area (Å²) in [5.74, 6) is -0.212. The maximum absolute atomic E-state index is 12.6. The number of carbonyl (C=O) groups excluding carboxylic acids is 1. The van der Waals surface area contributed by atoms with Crippen molar-refractivity contribution < 1.29 is 4.79 Å². The molecule has 2 aliphatic heterocycles. The maximum atomic E-state index is 12.6. The highest BCUT2D eigenvalue weighted by Gasteiger charge is 2.26. The molecule has 4 bridgehead atoms. The van der Waals surface area contributed by atoms with E-state index in [0.29, 0.717) is 36.6 Å².